The van der Waals surface area contributed by atoms with E-state index in [2.05, 4.69) is 22.9 Å². The number of piperidine rings is 1. The Labute approximate surface area is 167 Å². The first-order valence-electron chi connectivity index (χ1n) is 8.94. The average Bonchev–Trinajstić information content (AvgIpc) is 2.56. The summed E-state index contributed by atoms with van der Waals surface area (Å²) in [6.45, 7) is 8.02. The van der Waals surface area contributed by atoms with E-state index < -0.39 is 6.04 Å². The van der Waals surface area contributed by atoms with Gasteiger partial charge in [-0.15, -0.1) is 12.4 Å². The third-order valence-corrected chi connectivity index (χ3v) is 4.80. The number of benzene rings is 1. The van der Waals surface area contributed by atoms with E-state index in [1.807, 2.05) is 13.8 Å². The molecule has 1 aliphatic heterocycles. The third kappa shape index (κ3) is 6.78. The van der Waals surface area contributed by atoms with Crippen molar-refractivity contribution in [3.05, 3.63) is 34.9 Å². The van der Waals surface area contributed by atoms with Gasteiger partial charge >= 0.3 is 0 Å². The molecule has 26 heavy (non-hydrogen) atoms. The number of carbonyl (C=O) groups excluding carboxylic acids is 2. The second kappa shape index (κ2) is 10.8. The van der Waals surface area contributed by atoms with Gasteiger partial charge in [0.05, 0.1) is 0 Å². The van der Waals surface area contributed by atoms with Crippen molar-refractivity contribution in [2.45, 2.75) is 45.7 Å². The molecule has 0 spiro atoms. The topological polar surface area (TPSA) is 70.2 Å². The number of nitrogens with one attached hydrogen (secondary N) is 3. The number of halogens is 2. The summed E-state index contributed by atoms with van der Waals surface area (Å²) in [4.78, 5) is 25.2. The minimum Gasteiger partial charge on any atom is -0.351 e. The lowest BCUT2D eigenvalue weighted by atomic mass is 9.94. The van der Waals surface area contributed by atoms with Crippen LogP contribution in [0.5, 0.6) is 0 Å². The monoisotopic (exact) mass is 401 g/mol. The lowest BCUT2D eigenvalue weighted by Gasteiger charge is -2.32. The Bertz CT molecular complexity index is 593. The standard InChI is InChI=1S/C19H28ClN3O2.ClH/c1-12(2)10-17(19(25)22-16-8-9-21-11-13(16)3)23-18(24)14-4-6-15(20)7-5-14;/h4-7,12-13,16-17,21H,8-11H2,1-3H3,(H,22,25)(H,23,24);1H. The zero-order chi connectivity index (χ0) is 18.4. The highest BCUT2D eigenvalue weighted by Crippen LogP contribution is 2.13. The Hall–Kier alpha value is -1.30. The summed E-state index contributed by atoms with van der Waals surface area (Å²) >= 11 is 5.86. The molecule has 2 amide bonds. The fourth-order valence-corrected chi connectivity index (χ4v) is 3.18. The number of hydrogen-bond acceptors (Lipinski definition) is 3. The molecule has 0 radical (unpaired) electrons. The predicted octanol–water partition coefficient (Wildman–Crippen LogP) is 3.02. The molecule has 2 rings (SSSR count). The van der Waals surface area contributed by atoms with Crippen LogP contribution in [0.1, 0.15) is 44.0 Å². The highest BCUT2D eigenvalue weighted by molar-refractivity contribution is 6.30. The largest absolute Gasteiger partial charge is 0.351 e. The molecular weight excluding hydrogens is 373 g/mol. The third-order valence-electron chi connectivity index (χ3n) is 4.55. The predicted molar refractivity (Wildman–Crippen MR) is 108 cm³/mol. The van der Waals surface area contributed by atoms with Gasteiger partial charge in [-0.1, -0.05) is 32.4 Å². The van der Waals surface area contributed by atoms with Crippen LogP contribution in [0.3, 0.4) is 0 Å². The van der Waals surface area contributed by atoms with Crippen LogP contribution < -0.4 is 16.0 Å². The molecule has 0 aromatic heterocycles. The molecule has 1 fully saturated rings. The van der Waals surface area contributed by atoms with Crippen LogP contribution in [-0.4, -0.2) is 37.0 Å². The van der Waals surface area contributed by atoms with Crippen LogP contribution in [0, 0.1) is 11.8 Å². The van der Waals surface area contributed by atoms with Gasteiger partial charge in [-0.2, -0.15) is 0 Å². The minimum absolute atomic E-state index is 0. The quantitative estimate of drug-likeness (QED) is 0.685. The molecule has 3 N–H and O–H groups in total. The van der Waals surface area contributed by atoms with Crippen LogP contribution in [0.4, 0.5) is 0 Å². The van der Waals surface area contributed by atoms with Crippen molar-refractivity contribution in [1.29, 1.82) is 0 Å². The fourth-order valence-electron chi connectivity index (χ4n) is 3.06. The molecule has 1 aromatic carbocycles. The maximum Gasteiger partial charge on any atom is 0.251 e. The second-order valence-corrected chi connectivity index (χ2v) is 7.68. The summed E-state index contributed by atoms with van der Waals surface area (Å²) in [7, 11) is 0. The maximum atomic E-state index is 12.7. The van der Waals surface area contributed by atoms with Gasteiger partial charge in [-0.05, 0) is 62.0 Å². The van der Waals surface area contributed by atoms with Gasteiger partial charge in [-0.3, -0.25) is 9.59 Å². The van der Waals surface area contributed by atoms with E-state index in [1.54, 1.807) is 24.3 Å². The molecule has 3 unspecified atom stereocenters. The molecule has 0 saturated carbocycles. The lowest BCUT2D eigenvalue weighted by Crippen LogP contribution is -2.54. The van der Waals surface area contributed by atoms with Gasteiger partial charge < -0.3 is 16.0 Å². The Kier molecular flexibility index (Phi) is 9.41. The SMILES string of the molecule is CC(C)CC(NC(=O)c1ccc(Cl)cc1)C(=O)NC1CCNCC1C.Cl. The first kappa shape index (κ1) is 22.7. The van der Waals surface area contributed by atoms with Crippen LogP contribution in [0.2, 0.25) is 5.02 Å². The van der Waals surface area contributed by atoms with E-state index in [0.717, 1.165) is 19.5 Å². The number of rotatable bonds is 6. The molecule has 1 aromatic rings. The van der Waals surface area contributed by atoms with Crippen LogP contribution >= 0.6 is 24.0 Å². The molecule has 5 nitrogen and oxygen atoms in total. The number of hydrogen-bond donors (Lipinski definition) is 3. The second-order valence-electron chi connectivity index (χ2n) is 7.25. The van der Waals surface area contributed by atoms with Crippen LogP contribution in [-0.2, 0) is 4.79 Å². The first-order valence-corrected chi connectivity index (χ1v) is 9.32. The Morgan fingerprint density at radius 2 is 1.92 bits per heavy atom. The normalized spacial score (nSPS) is 20.8. The molecule has 1 aliphatic rings. The van der Waals surface area contributed by atoms with Crippen molar-refractivity contribution in [1.82, 2.24) is 16.0 Å². The highest BCUT2D eigenvalue weighted by Gasteiger charge is 2.28. The van der Waals surface area contributed by atoms with E-state index in [-0.39, 0.29) is 30.3 Å². The Morgan fingerprint density at radius 3 is 2.50 bits per heavy atom. The van der Waals surface area contributed by atoms with E-state index in [4.69, 9.17) is 11.6 Å². The van der Waals surface area contributed by atoms with Gasteiger partial charge in [0.25, 0.3) is 5.91 Å². The summed E-state index contributed by atoms with van der Waals surface area (Å²) in [6.07, 6.45) is 1.51. The Balaban J connectivity index is 0.00000338. The molecule has 0 aliphatic carbocycles. The Morgan fingerprint density at radius 1 is 1.27 bits per heavy atom. The van der Waals surface area contributed by atoms with Crippen molar-refractivity contribution < 1.29 is 9.59 Å². The van der Waals surface area contributed by atoms with Gasteiger partial charge in [0.1, 0.15) is 6.04 Å². The summed E-state index contributed by atoms with van der Waals surface area (Å²) in [6, 6.07) is 6.28. The minimum atomic E-state index is -0.537. The molecule has 146 valence electrons. The molecule has 7 heteroatoms. The van der Waals surface area contributed by atoms with Gasteiger partial charge in [0.15, 0.2) is 0 Å². The summed E-state index contributed by atoms with van der Waals surface area (Å²) in [5.74, 6) is 0.321. The summed E-state index contributed by atoms with van der Waals surface area (Å²) in [5.41, 5.74) is 0.501. The first-order chi connectivity index (χ1) is 11.9. The van der Waals surface area contributed by atoms with Gasteiger partial charge in [0, 0.05) is 16.6 Å². The summed E-state index contributed by atoms with van der Waals surface area (Å²) in [5, 5.41) is 9.91. The van der Waals surface area contributed by atoms with Crippen LogP contribution in [0.15, 0.2) is 24.3 Å². The summed E-state index contributed by atoms with van der Waals surface area (Å²) < 4.78 is 0. The average molecular weight is 402 g/mol. The van der Waals surface area contributed by atoms with E-state index >= 15 is 0 Å². The van der Waals surface area contributed by atoms with Crippen molar-refractivity contribution in [2.75, 3.05) is 13.1 Å². The molecular formula is C19H29Cl2N3O2. The van der Waals surface area contributed by atoms with E-state index in [0.29, 0.717) is 28.8 Å². The van der Waals surface area contributed by atoms with Crippen LogP contribution in [0.25, 0.3) is 0 Å². The smallest absolute Gasteiger partial charge is 0.251 e. The molecule has 1 saturated heterocycles. The molecule has 3 atom stereocenters. The lowest BCUT2D eigenvalue weighted by molar-refractivity contribution is -0.124. The fraction of sp³-hybridized carbons (Fsp3) is 0.579. The number of amides is 2. The zero-order valence-corrected chi connectivity index (χ0v) is 17.1. The molecule has 1 heterocycles. The highest BCUT2D eigenvalue weighted by atomic mass is 35.5. The van der Waals surface area contributed by atoms with Crippen molar-refractivity contribution in [2.24, 2.45) is 11.8 Å². The van der Waals surface area contributed by atoms with Gasteiger partial charge in [0.2, 0.25) is 5.91 Å². The van der Waals surface area contributed by atoms with Gasteiger partial charge in [-0.25, -0.2) is 0 Å². The van der Waals surface area contributed by atoms with Crippen molar-refractivity contribution in [3.63, 3.8) is 0 Å². The van der Waals surface area contributed by atoms with E-state index in [1.165, 1.54) is 0 Å². The van der Waals surface area contributed by atoms with Crippen molar-refractivity contribution >= 4 is 35.8 Å². The van der Waals surface area contributed by atoms with Crippen molar-refractivity contribution in [3.8, 4) is 0 Å². The maximum absolute atomic E-state index is 12.7. The van der Waals surface area contributed by atoms with E-state index in [9.17, 15) is 9.59 Å². The molecule has 0 bridgehead atoms. The zero-order valence-electron chi connectivity index (χ0n) is 15.5. The number of carbonyl (C=O) groups is 2.